The molecule has 0 saturated carbocycles. The van der Waals surface area contributed by atoms with Gasteiger partial charge in [0.25, 0.3) is 0 Å². The molecule has 0 aromatic heterocycles. The maximum absolute atomic E-state index is 11.0. The van der Waals surface area contributed by atoms with Crippen molar-refractivity contribution in [3.8, 4) is 0 Å². The van der Waals surface area contributed by atoms with Gasteiger partial charge < -0.3 is 5.11 Å². The number of piperazine rings is 1. The van der Waals surface area contributed by atoms with E-state index in [-0.39, 0.29) is 5.75 Å². The molecule has 1 unspecified atom stereocenters. The monoisotopic (exact) mass is 264 g/mol. The Morgan fingerprint density at radius 3 is 2.24 bits per heavy atom. The van der Waals surface area contributed by atoms with Gasteiger partial charge in [-0.1, -0.05) is 0 Å². The van der Waals surface area contributed by atoms with Crippen molar-refractivity contribution in [1.82, 2.24) is 9.80 Å². The van der Waals surface area contributed by atoms with Gasteiger partial charge in [0.2, 0.25) is 0 Å². The second-order valence-corrected chi connectivity index (χ2v) is 6.78. The fourth-order valence-corrected chi connectivity index (χ4v) is 2.42. The van der Waals surface area contributed by atoms with Crippen LogP contribution in [0.3, 0.4) is 0 Å². The van der Waals surface area contributed by atoms with Gasteiger partial charge in [-0.2, -0.15) is 0 Å². The first-order valence-corrected chi connectivity index (χ1v) is 7.72. The Kier molecular flexibility index (Phi) is 4.91. The minimum absolute atomic E-state index is 0.168. The van der Waals surface area contributed by atoms with Crippen LogP contribution in [0.25, 0.3) is 0 Å². The highest BCUT2D eigenvalue weighted by atomic mass is 32.2. The molecule has 0 bridgehead atoms. The van der Waals surface area contributed by atoms with Gasteiger partial charge in [-0.3, -0.25) is 14.6 Å². The summed E-state index contributed by atoms with van der Waals surface area (Å²) in [5.74, 6) is -0.642. The lowest BCUT2D eigenvalue weighted by molar-refractivity contribution is -0.143. The smallest absolute Gasteiger partial charge is 0.320 e. The fraction of sp³-hybridized carbons (Fsp3) is 0.900. The van der Waals surface area contributed by atoms with Crippen molar-refractivity contribution in [2.24, 2.45) is 0 Å². The number of hydrogen-bond acceptors (Lipinski definition) is 5. The van der Waals surface area contributed by atoms with Crippen LogP contribution < -0.4 is 0 Å². The summed E-state index contributed by atoms with van der Waals surface area (Å²) in [6, 6.07) is -0.466. The van der Waals surface area contributed by atoms with Crippen molar-refractivity contribution in [3.63, 3.8) is 0 Å². The molecule has 1 aliphatic rings. The van der Waals surface area contributed by atoms with E-state index in [9.17, 15) is 13.2 Å². The highest BCUT2D eigenvalue weighted by Gasteiger charge is 2.25. The Hall–Kier alpha value is -0.660. The molecule has 1 N–H and O–H groups in total. The van der Waals surface area contributed by atoms with E-state index in [0.717, 1.165) is 13.1 Å². The topological polar surface area (TPSA) is 77.9 Å². The SMILES string of the molecule is CC(C(=O)O)N1CCN(CCS(C)(=O)=O)CC1. The third-order valence-electron chi connectivity index (χ3n) is 3.09. The molecule has 7 heteroatoms. The van der Waals surface area contributed by atoms with Gasteiger partial charge in [-0.05, 0) is 6.92 Å². The molecule has 1 rings (SSSR count). The number of carboxylic acid groups (broad SMARTS) is 1. The summed E-state index contributed by atoms with van der Waals surface area (Å²) in [6.45, 7) is 5.03. The van der Waals surface area contributed by atoms with E-state index in [1.165, 1.54) is 6.26 Å². The normalized spacial score (nSPS) is 21.3. The molecule has 0 aromatic rings. The van der Waals surface area contributed by atoms with Crippen LogP contribution in [0, 0.1) is 0 Å². The standard InChI is InChI=1S/C10H20N2O4S/c1-9(10(13)14)12-5-3-11(4-6-12)7-8-17(2,15)16/h9H,3-8H2,1-2H3,(H,13,14). The van der Waals surface area contributed by atoms with E-state index >= 15 is 0 Å². The average Bonchev–Trinajstić information content (AvgIpc) is 2.25. The molecule has 100 valence electrons. The zero-order chi connectivity index (χ0) is 13.1. The molecule has 1 aliphatic heterocycles. The Bertz CT molecular complexity index is 361. The molecule has 1 fully saturated rings. The van der Waals surface area contributed by atoms with Gasteiger partial charge in [0.05, 0.1) is 5.75 Å². The first kappa shape index (κ1) is 14.4. The van der Waals surface area contributed by atoms with E-state index in [2.05, 4.69) is 4.90 Å². The van der Waals surface area contributed by atoms with Gasteiger partial charge in [-0.15, -0.1) is 0 Å². The van der Waals surface area contributed by atoms with Gasteiger partial charge in [0, 0.05) is 39.0 Å². The van der Waals surface area contributed by atoms with E-state index in [0.29, 0.717) is 19.6 Å². The minimum atomic E-state index is -2.92. The Morgan fingerprint density at radius 2 is 1.82 bits per heavy atom. The molecule has 0 aromatic carbocycles. The van der Waals surface area contributed by atoms with Crippen LogP contribution in [-0.4, -0.2) is 80.1 Å². The van der Waals surface area contributed by atoms with Gasteiger partial charge in [0.1, 0.15) is 15.9 Å². The Balaban J connectivity index is 2.33. The lowest BCUT2D eigenvalue weighted by Crippen LogP contribution is -2.52. The van der Waals surface area contributed by atoms with Gasteiger partial charge in [-0.25, -0.2) is 8.42 Å². The molecule has 0 spiro atoms. The maximum atomic E-state index is 11.0. The molecular weight excluding hydrogens is 244 g/mol. The molecule has 1 saturated heterocycles. The summed E-state index contributed by atoms with van der Waals surface area (Å²) in [6.07, 6.45) is 1.23. The van der Waals surface area contributed by atoms with E-state index in [4.69, 9.17) is 5.11 Å². The van der Waals surface area contributed by atoms with Crippen LogP contribution in [0.5, 0.6) is 0 Å². The van der Waals surface area contributed by atoms with Crippen LogP contribution >= 0.6 is 0 Å². The zero-order valence-corrected chi connectivity index (χ0v) is 11.1. The summed E-state index contributed by atoms with van der Waals surface area (Å²) in [7, 11) is -2.92. The van der Waals surface area contributed by atoms with Gasteiger partial charge >= 0.3 is 5.97 Å². The first-order valence-electron chi connectivity index (χ1n) is 5.66. The zero-order valence-electron chi connectivity index (χ0n) is 10.3. The number of carboxylic acids is 1. The highest BCUT2D eigenvalue weighted by Crippen LogP contribution is 2.06. The Morgan fingerprint density at radius 1 is 1.29 bits per heavy atom. The summed E-state index contributed by atoms with van der Waals surface area (Å²) < 4.78 is 22.0. The lowest BCUT2D eigenvalue weighted by Gasteiger charge is -2.36. The molecule has 17 heavy (non-hydrogen) atoms. The van der Waals surface area contributed by atoms with Crippen LogP contribution in [0.4, 0.5) is 0 Å². The summed E-state index contributed by atoms with van der Waals surface area (Å²) in [5, 5.41) is 8.88. The predicted octanol–water partition coefficient (Wildman–Crippen LogP) is -0.878. The summed E-state index contributed by atoms with van der Waals surface area (Å²) >= 11 is 0. The van der Waals surface area contributed by atoms with Crippen LogP contribution in [-0.2, 0) is 14.6 Å². The molecule has 0 aliphatic carbocycles. The average molecular weight is 264 g/mol. The van der Waals surface area contributed by atoms with Crippen molar-refractivity contribution in [3.05, 3.63) is 0 Å². The fourth-order valence-electron chi connectivity index (χ4n) is 1.83. The quantitative estimate of drug-likeness (QED) is 0.695. The number of hydrogen-bond donors (Lipinski definition) is 1. The number of aliphatic carboxylic acids is 1. The lowest BCUT2D eigenvalue weighted by atomic mass is 10.2. The number of carbonyl (C=O) groups is 1. The van der Waals surface area contributed by atoms with Gasteiger partial charge in [0.15, 0.2) is 0 Å². The molecule has 1 atom stereocenters. The van der Waals surface area contributed by atoms with Crippen LogP contribution in [0.1, 0.15) is 6.92 Å². The van der Waals surface area contributed by atoms with Crippen LogP contribution in [0.2, 0.25) is 0 Å². The third-order valence-corrected chi connectivity index (χ3v) is 4.01. The minimum Gasteiger partial charge on any atom is -0.480 e. The van der Waals surface area contributed by atoms with Crippen molar-refractivity contribution in [2.75, 3.05) is 44.7 Å². The summed E-state index contributed by atoms with van der Waals surface area (Å²) in [5.41, 5.74) is 0. The summed E-state index contributed by atoms with van der Waals surface area (Å²) in [4.78, 5) is 14.8. The van der Waals surface area contributed by atoms with E-state index in [1.807, 2.05) is 4.90 Å². The number of rotatable bonds is 5. The van der Waals surface area contributed by atoms with Crippen molar-refractivity contribution < 1.29 is 18.3 Å². The van der Waals surface area contributed by atoms with Crippen molar-refractivity contribution in [1.29, 1.82) is 0 Å². The second-order valence-electron chi connectivity index (χ2n) is 4.52. The van der Waals surface area contributed by atoms with Crippen molar-refractivity contribution >= 4 is 15.8 Å². The molecule has 6 nitrogen and oxygen atoms in total. The number of sulfone groups is 1. The third kappa shape index (κ3) is 5.01. The molecule has 0 amide bonds. The van der Waals surface area contributed by atoms with Crippen molar-refractivity contribution in [2.45, 2.75) is 13.0 Å². The molecule has 0 radical (unpaired) electrons. The van der Waals surface area contributed by atoms with Crippen LogP contribution in [0.15, 0.2) is 0 Å². The maximum Gasteiger partial charge on any atom is 0.320 e. The molecule has 1 heterocycles. The van der Waals surface area contributed by atoms with E-state index < -0.39 is 21.8 Å². The predicted molar refractivity (Wildman–Crippen MR) is 64.8 cm³/mol. The largest absolute Gasteiger partial charge is 0.480 e. The first-order chi connectivity index (χ1) is 7.79. The Labute approximate surface area is 102 Å². The highest BCUT2D eigenvalue weighted by molar-refractivity contribution is 7.90. The van der Waals surface area contributed by atoms with E-state index in [1.54, 1.807) is 6.92 Å². The second kappa shape index (κ2) is 5.79. The number of nitrogens with zero attached hydrogens (tertiary/aromatic N) is 2. The molecular formula is C10H20N2O4S.